The van der Waals surface area contributed by atoms with Gasteiger partial charge in [-0.15, -0.1) is 0 Å². The van der Waals surface area contributed by atoms with Crippen molar-refractivity contribution in [2.75, 3.05) is 20.8 Å². The number of benzene rings is 1. The molecule has 0 saturated heterocycles. The maximum atomic E-state index is 10.7. The van der Waals surface area contributed by atoms with Gasteiger partial charge in [-0.3, -0.25) is 4.79 Å². The van der Waals surface area contributed by atoms with Crippen LogP contribution in [0.4, 0.5) is 0 Å². The summed E-state index contributed by atoms with van der Waals surface area (Å²) in [7, 11) is 3.02. The SMILES string of the molecule is C=CCOc1cc(C=O)cc(OC)c1OC. The molecule has 0 atom stereocenters. The lowest BCUT2D eigenvalue weighted by Gasteiger charge is -2.13. The summed E-state index contributed by atoms with van der Waals surface area (Å²) in [6, 6.07) is 3.18. The Hall–Kier alpha value is -1.97. The third-order valence-electron chi connectivity index (χ3n) is 1.96. The van der Waals surface area contributed by atoms with Crippen LogP contribution < -0.4 is 14.2 Å². The van der Waals surface area contributed by atoms with Crippen molar-refractivity contribution in [3.05, 3.63) is 30.4 Å². The quantitative estimate of drug-likeness (QED) is 0.546. The molecule has 0 unspecified atom stereocenters. The zero-order valence-corrected chi connectivity index (χ0v) is 9.36. The predicted molar refractivity (Wildman–Crippen MR) is 60.6 cm³/mol. The fourth-order valence-electron chi connectivity index (χ4n) is 1.27. The maximum Gasteiger partial charge on any atom is 0.203 e. The van der Waals surface area contributed by atoms with Crippen LogP contribution in [0.15, 0.2) is 24.8 Å². The molecule has 0 N–H and O–H groups in total. The third-order valence-corrected chi connectivity index (χ3v) is 1.96. The zero-order valence-electron chi connectivity index (χ0n) is 9.36. The van der Waals surface area contributed by atoms with Crippen LogP contribution in [0.1, 0.15) is 10.4 Å². The molecule has 4 nitrogen and oxygen atoms in total. The maximum absolute atomic E-state index is 10.7. The first-order chi connectivity index (χ1) is 7.76. The molecule has 1 aromatic carbocycles. The molecule has 0 aromatic heterocycles. The molecular weight excluding hydrogens is 208 g/mol. The molecule has 4 heteroatoms. The average Bonchev–Trinajstić information content (AvgIpc) is 2.34. The Morgan fingerprint density at radius 3 is 2.44 bits per heavy atom. The van der Waals surface area contributed by atoms with Crippen LogP contribution in [0.5, 0.6) is 17.2 Å². The normalized spacial score (nSPS) is 9.38. The van der Waals surface area contributed by atoms with E-state index in [2.05, 4.69) is 6.58 Å². The van der Waals surface area contributed by atoms with E-state index in [1.54, 1.807) is 18.2 Å². The molecular formula is C12H14O4. The van der Waals surface area contributed by atoms with E-state index in [4.69, 9.17) is 14.2 Å². The van der Waals surface area contributed by atoms with Crippen LogP contribution in [0.25, 0.3) is 0 Å². The fraction of sp³-hybridized carbons (Fsp3) is 0.250. The number of methoxy groups -OCH3 is 2. The Morgan fingerprint density at radius 2 is 1.94 bits per heavy atom. The van der Waals surface area contributed by atoms with Crippen molar-refractivity contribution in [2.45, 2.75) is 0 Å². The van der Waals surface area contributed by atoms with E-state index in [0.717, 1.165) is 6.29 Å². The second kappa shape index (κ2) is 5.80. The minimum atomic E-state index is 0.335. The lowest BCUT2D eigenvalue weighted by molar-refractivity contribution is 0.112. The van der Waals surface area contributed by atoms with Gasteiger partial charge in [0.25, 0.3) is 0 Å². The molecule has 0 aliphatic carbocycles. The van der Waals surface area contributed by atoms with Crippen LogP contribution in [-0.4, -0.2) is 27.1 Å². The van der Waals surface area contributed by atoms with Crippen LogP contribution in [0.2, 0.25) is 0 Å². The highest BCUT2D eigenvalue weighted by Crippen LogP contribution is 2.37. The summed E-state index contributed by atoms with van der Waals surface area (Å²) in [4.78, 5) is 10.7. The monoisotopic (exact) mass is 222 g/mol. The average molecular weight is 222 g/mol. The molecule has 0 heterocycles. The second-order valence-corrected chi connectivity index (χ2v) is 2.97. The Balaban J connectivity index is 3.19. The van der Waals surface area contributed by atoms with E-state index in [9.17, 15) is 4.79 Å². The summed E-state index contributed by atoms with van der Waals surface area (Å²) in [5, 5.41) is 0. The molecule has 1 rings (SSSR count). The number of aldehydes is 1. The van der Waals surface area contributed by atoms with Gasteiger partial charge in [0.2, 0.25) is 5.75 Å². The van der Waals surface area contributed by atoms with E-state index in [1.165, 1.54) is 14.2 Å². The van der Waals surface area contributed by atoms with Gasteiger partial charge >= 0.3 is 0 Å². The number of hydrogen-bond donors (Lipinski definition) is 0. The largest absolute Gasteiger partial charge is 0.493 e. The van der Waals surface area contributed by atoms with Gasteiger partial charge in [-0.05, 0) is 12.1 Å². The minimum Gasteiger partial charge on any atom is -0.493 e. The molecule has 0 aliphatic heterocycles. The highest BCUT2D eigenvalue weighted by molar-refractivity contribution is 5.78. The third kappa shape index (κ3) is 2.53. The first-order valence-electron chi connectivity index (χ1n) is 4.71. The Morgan fingerprint density at radius 1 is 1.25 bits per heavy atom. The highest BCUT2D eigenvalue weighted by atomic mass is 16.5. The summed E-state index contributed by atoms with van der Waals surface area (Å²) in [6.45, 7) is 3.88. The summed E-state index contributed by atoms with van der Waals surface area (Å²) < 4.78 is 15.7. The lowest BCUT2D eigenvalue weighted by atomic mass is 10.2. The Bertz CT molecular complexity index is 385. The van der Waals surface area contributed by atoms with E-state index >= 15 is 0 Å². The van der Waals surface area contributed by atoms with Gasteiger partial charge in [0.15, 0.2) is 11.5 Å². The molecule has 0 radical (unpaired) electrons. The Labute approximate surface area is 94.4 Å². The van der Waals surface area contributed by atoms with Gasteiger partial charge in [-0.1, -0.05) is 12.7 Å². The van der Waals surface area contributed by atoms with Crippen molar-refractivity contribution < 1.29 is 19.0 Å². The number of carbonyl (C=O) groups is 1. The van der Waals surface area contributed by atoms with Crippen molar-refractivity contribution in [3.8, 4) is 17.2 Å². The van der Waals surface area contributed by atoms with Crippen LogP contribution in [0, 0.1) is 0 Å². The van der Waals surface area contributed by atoms with Gasteiger partial charge < -0.3 is 14.2 Å². The van der Waals surface area contributed by atoms with Crippen molar-refractivity contribution in [1.29, 1.82) is 0 Å². The first-order valence-corrected chi connectivity index (χ1v) is 4.71. The van der Waals surface area contributed by atoms with Gasteiger partial charge in [-0.25, -0.2) is 0 Å². The number of carbonyl (C=O) groups excluding carboxylic acids is 1. The molecule has 0 saturated carbocycles. The van der Waals surface area contributed by atoms with Gasteiger partial charge in [0.05, 0.1) is 14.2 Å². The number of hydrogen-bond acceptors (Lipinski definition) is 4. The topological polar surface area (TPSA) is 44.8 Å². The zero-order chi connectivity index (χ0) is 12.0. The number of ether oxygens (including phenoxy) is 3. The summed E-state index contributed by atoms with van der Waals surface area (Å²) in [5.41, 5.74) is 0.469. The first kappa shape index (κ1) is 12.1. The molecule has 0 aliphatic rings. The van der Waals surface area contributed by atoms with E-state index < -0.39 is 0 Å². The Kier molecular flexibility index (Phi) is 4.39. The van der Waals surface area contributed by atoms with Crippen LogP contribution in [0.3, 0.4) is 0 Å². The van der Waals surface area contributed by atoms with Gasteiger partial charge in [0, 0.05) is 5.56 Å². The van der Waals surface area contributed by atoms with Crippen molar-refractivity contribution >= 4 is 6.29 Å². The summed E-state index contributed by atoms with van der Waals surface area (Å²) in [5.74, 6) is 1.39. The van der Waals surface area contributed by atoms with E-state index in [1.807, 2.05) is 0 Å². The second-order valence-electron chi connectivity index (χ2n) is 2.97. The smallest absolute Gasteiger partial charge is 0.203 e. The van der Waals surface area contributed by atoms with Crippen molar-refractivity contribution in [1.82, 2.24) is 0 Å². The molecule has 0 fully saturated rings. The summed E-state index contributed by atoms with van der Waals surface area (Å²) >= 11 is 0. The molecule has 86 valence electrons. The lowest BCUT2D eigenvalue weighted by Crippen LogP contribution is -1.99. The molecule has 0 spiro atoms. The molecule has 0 amide bonds. The highest BCUT2D eigenvalue weighted by Gasteiger charge is 2.13. The van der Waals surface area contributed by atoms with E-state index in [-0.39, 0.29) is 0 Å². The molecule has 16 heavy (non-hydrogen) atoms. The van der Waals surface area contributed by atoms with Crippen LogP contribution in [-0.2, 0) is 0 Å². The van der Waals surface area contributed by atoms with Crippen LogP contribution >= 0.6 is 0 Å². The van der Waals surface area contributed by atoms with E-state index in [0.29, 0.717) is 29.4 Å². The van der Waals surface area contributed by atoms with Gasteiger partial charge in [-0.2, -0.15) is 0 Å². The number of rotatable bonds is 6. The van der Waals surface area contributed by atoms with Crippen molar-refractivity contribution in [2.24, 2.45) is 0 Å². The fourth-order valence-corrected chi connectivity index (χ4v) is 1.27. The summed E-state index contributed by atoms with van der Waals surface area (Å²) in [6.07, 6.45) is 2.34. The minimum absolute atomic E-state index is 0.335. The van der Waals surface area contributed by atoms with Gasteiger partial charge in [0.1, 0.15) is 12.9 Å². The molecule has 1 aromatic rings. The standard InChI is InChI=1S/C12H14O4/c1-4-5-16-11-7-9(8-13)6-10(14-2)12(11)15-3/h4,6-8H,1,5H2,2-3H3. The predicted octanol–water partition coefficient (Wildman–Crippen LogP) is 2.08. The van der Waals surface area contributed by atoms with Crippen molar-refractivity contribution in [3.63, 3.8) is 0 Å². The molecule has 0 bridgehead atoms.